The highest BCUT2D eigenvalue weighted by Crippen LogP contribution is 2.09. The molecule has 0 spiro atoms. The van der Waals surface area contributed by atoms with Gasteiger partial charge in [-0.25, -0.2) is 4.68 Å². The molecule has 2 heterocycles. The van der Waals surface area contributed by atoms with Crippen LogP contribution in [-0.4, -0.2) is 15.0 Å². The van der Waals surface area contributed by atoms with Crippen molar-refractivity contribution in [1.29, 1.82) is 0 Å². The van der Waals surface area contributed by atoms with Gasteiger partial charge in [0, 0.05) is 0 Å². The van der Waals surface area contributed by atoms with Crippen LogP contribution >= 0.6 is 11.6 Å². The molecule has 0 aliphatic rings. The summed E-state index contributed by atoms with van der Waals surface area (Å²) in [5.41, 5.74) is 0.890. The highest BCUT2D eigenvalue weighted by atomic mass is 35.5. The maximum Gasteiger partial charge on any atom is 0.125 e. The van der Waals surface area contributed by atoms with Crippen LogP contribution < -0.4 is 0 Å². The molecule has 0 saturated heterocycles. The second-order valence-corrected chi connectivity index (χ2v) is 3.30. The summed E-state index contributed by atoms with van der Waals surface area (Å²) in [5.74, 6) is 2.17. The Morgan fingerprint density at radius 2 is 2.36 bits per heavy atom. The second kappa shape index (κ2) is 3.84. The van der Waals surface area contributed by atoms with Gasteiger partial charge >= 0.3 is 0 Å². The molecule has 0 saturated carbocycles. The second-order valence-electron chi connectivity index (χ2n) is 3.03. The smallest absolute Gasteiger partial charge is 0.125 e. The SMILES string of the molecule is Cc1ccc(Cn2nncc2CCl)o1. The van der Waals surface area contributed by atoms with Crippen LogP contribution in [0.2, 0.25) is 0 Å². The van der Waals surface area contributed by atoms with Gasteiger partial charge in [0.2, 0.25) is 0 Å². The lowest BCUT2D eigenvalue weighted by Crippen LogP contribution is -2.04. The third-order valence-electron chi connectivity index (χ3n) is 1.94. The van der Waals surface area contributed by atoms with E-state index in [4.69, 9.17) is 16.0 Å². The van der Waals surface area contributed by atoms with E-state index in [2.05, 4.69) is 10.3 Å². The molecule has 0 amide bonds. The van der Waals surface area contributed by atoms with Crippen LogP contribution in [0.4, 0.5) is 0 Å². The lowest BCUT2D eigenvalue weighted by Gasteiger charge is -2.00. The number of furan rings is 1. The van der Waals surface area contributed by atoms with Crippen LogP contribution in [0.5, 0.6) is 0 Å². The topological polar surface area (TPSA) is 43.9 Å². The summed E-state index contributed by atoms with van der Waals surface area (Å²) in [6, 6.07) is 3.85. The Morgan fingerprint density at radius 1 is 1.50 bits per heavy atom. The van der Waals surface area contributed by atoms with Gasteiger partial charge in [0.1, 0.15) is 18.1 Å². The van der Waals surface area contributed by atoms with E-state index in [0.29, 0.717) is 12.4 Å². The van der Waals surface area contributed by atoms with Crippen LogP contribution in [-0.2, 0) is 12.4 Å². The van der Waals surface area contributed by atoms with E-state index in [0.717, 1.165) is 17.2 Å². The van der Waals surface area contributed by atoms with Crippen molar-refractivity contribution in [1.82, 2.24) is 15.0 Å². The number of rotatable bonds is 3. The number of hydrogen-bond donors (Lipinski definition) is 0. The van der Waals surface area contributed by atoms with Crippen LogP contribution in [0.25, 0.3) is 0 Å². The van der Waals surface area contributed by atoms with Crippen LogP contribution in [0, 0.1) is 6.92 Å². The molecule has 2 aromatic rings. The lowest BCUT2D eigenvalue weighted by atomic mass is 10.4. The predicted molar refractivity (Wildman–Crippen MR) is 52.1 cm³/mol. The molecule has 0 fully saturated rings. The number of aromatic nitrogens is 3. The van der Waals surface area contributed by atoms with Crippen molar-refractivity contribution in [3.05, 3.63) is 35.5 Å². The van der Waals surface area contributed by atoms with Crippen molar-refractivity contribution in [2.24, 2.45) is 0 Å². The van der Waals surface area contributed by atoms with E-state index in [1.54, 1.807) is 10.9 Å². The van der Waals surface area contributed by atoms with Gasteiger partial charge in [-0.05, 0) is 19.1 Å². The summed E-state index contributed by atoms with van der Waals surface area (Å²) < 4.78 is 7.15. The molecular formula is C9H10ClN3O. The third kappa shape index (κ3) is 1.80. The van der Waals surface area contributed by atoms with E-state index in [1.165, 1.54) is 0 Å². The maximum atomic E-state index is 5.71. The summed E-state index contributed by atoms with van der Waals surface area (Å²) in [5, 5.41) is 7.70. The first kappa shape index (κ1) is 9.27. The number of aryl methyl sites for hydroxylation is 1. The molecular weight excluding hydrogens is 202 g/mol. The Labute approximate surface area is 86.5 Å². The first-order chi connectivity index (χ1) is 6.79. The largest absolute Gasteiger partial charge is 0.464 e. The number of alkyl halides is 1. The standard InChI is InChI=1S/C9H10ClN3O/c1-7-2-3-9(14-7)6-13-8(4-10)5-11-12-13/h2-3,5H,4,6H2,1H3. The van der Waals surface area contributed by atoms with Crippen molar-refractivity contribution in [3.63, 3.8) is 0 Å². The third-order valence-corrected chi connectivity index (χ3v) is 2.21. The minimum atomic E-state index is 0.409. The fourth-order valence-corrected chi connectivity index (χ4v) is 1.44. The van der Waals surface area contributed by atoms with E-state index in [1.807, 2.05) is 19.1 Å². The van der Waals surface area contributed by atoms with Crippen LogP contribution in [0.1, 0.15) is 17.2 Å². The average Bonchev–Trinajstić information content (AvgIpc) is 2.76. The molecule has 0 unspecified atom stereocenters. The molecule has 0 atom stereocenters. The van der Waals surface area contributed by atoms with Crippen molar-refractivity contribution in [2.45, 2.75) is 19.3 Å². The molecule has 0 radical (unpaired) electrons. The van der Waals surface area contributed by atoms with Crippen molar-refractivity contribution in [3.8, 4) is 0 Å². The van der Waals surface area contributed by atoms with E-state index < -0.39 is 0 Å². The Kier molecular flexibility index (Phi) is 2.54. The van der Waals surface area contributed by atoms with Gasteiger partial charge in [0.25, 0.3) is 0 Å². The fraction of sp³-hybridized carbons (Fsp3) is 0.333. The first-order valence-electron chi connectivity index (χ1n) is 4.28. The highest BCUT2D eigenvalue weighted by Gasteiger charge is 2.05. The van der Waals surface area contributed by atoms with E-state index in [9.17, 15) is 0 Å². The highest BCUT2D eigenvalue weighted by molar-refractivity contribution is 6.16. The van der Waals surface area contributed by atoms with Crippen LogP contribution in [0.15, 0.2) is 22.7 Å². The molecule has 0 bridgehead atoms. The van der Waals surface area contributed by atoms with Crippen molar-refractivity contribution < 1.29 is 4.42 Å². The number of hydrogen-bond acceptors (Lipinski definition) is 3. The molecule has 0 aromatic carbocycles. The molecule has 14 heavy (non-hydrogen) atoms. The summed E-state index contributed by atoms with van der Waals surface area (Å²) in [7, 11) is 0. The predicted octanol–water partition coefficient (Wildman–Crippen LogP) is 1.97. The van der Waals surface area contributed by atoms with Gasteiger partial charge in [-0.2, -0.15) is 0 Å². The average molecular weight is 212 g/mol. The zero-order valence-corrected chi connectivity index (χ0v) is 8.53. The number of halogens is 1. The van der Waals surface area contributed by atoms with Gasteiger partial charge < -0.3 is 4.42 Å². The molecule has 0 aliphatic heterocycles. The van der Waals surface area contributed by atoms with Gasteiger partial charge in [-0.15, -0.1) is 16.7 Å². The lowest BCUT2D eigenvalue weighted by molar-refractivity contribution is 0.452. The Morgan fingerprint density at radius 3 is 3.00 bits per heavy atom. The van der Waals surface area contributed by atoms with Crippen LogP contribution in [0.3, 0.4) is 0 Å². The van der Waals surface area contributed by atoms with E-state index in [-0.39, 0.29) is 0 Å². The molecule has 0 N–H and O–H groups in total. The molecule has 4 nitrogen and oxygen atoms in total. The van der Waals surface area contributed by atoms with Gasteiger partial charge in [0.05, 0.1) is 17.8 Å². The maximum absolute atomic E-state index is 5.71. The molecule has 5 heteroatoms. The summed E-state index contributed by atoms with van der Waals surface area (Å²) in [6.07, 6.45) is 1.66. The minimum absolute atomic E-state index is 0.409. The van der Waals surface area contributed by atoms with Gasteiger partial charge in [0.15, 0.2) is 0 Å². The molecule has 74 valence electrons. The van der Waals surface area contributed by atoms with Crippen molar-refractivity contribution in [2.75, 3.05) is 0 Å². The zero-order chi connectivity index (χ0) is 9.97. The first-order valence-corrected chi connectivity index (χ1v) is 4.81. The van der Waals surface area contributed by atoms with Gasteiger partial charge in [-0.3, -0.25) is 0 Å². The van der Waals surface area contributed by atoms with Crippen molar-refractivity contribution >= 4 is 11.6 Å². The fourth-order valence-electron chi connectivity index (χ4n) is 1.23. The summed E-state index contributed by atoms with van der Waals surface area (Å²) >= 11 is 5.71. The molecule has 2 rings (SSSR count). The zero-order valence-electron chi connectivity index (χ0n) is 7.77. The number of nitrogens with zero attached hydrogens (tertiary/aromatic N) is 3. The normalized spacial score (nSPS) is 10.7. The monoisotopic (exact) mass is 211 g/mol. The quantitative estimate of drug-likeness (QED) is 0.729. The summed E-state index contributed by atoms with van der Waals surface area (Å²) in [4.78, 5) is 0. The Balaban J connectivity index is 2.18. The Bertz CT molecular complexity index is 421. The molecule has 0 aliphatic carbocycles. The Hall–Kier alpha value is -1.29. The van der Waals surface area contributed by atoms with Gasteiger partial charge in [-0.1, -0.05) is 5.21 Å². The van der Waals surface area contributed by atoms with E-state index >= 15 is 0 Å². The molecule has 2 aromatic heterocycles. The minimum Gasteiger partial charge on any atom is -0.464 e. The summed E-state index contributed by atoms with van der Waals surface area (Å²) in [6.45, 7) is 2.49.